The molecule has 6 heteroatoms. The number of hydrogen-bond acceptors (Lipinski definition) is 4. The number of halogens is 1. The van der Waals surface area contributed by atoms with Crippen molar-refractivity contribution in [3.05, 3.63) is 23.5 Å². The molecule has 4 N–H and O–H groups in total. The van der Waals surface area contributed by atoms with Crippen LogP contribution in [0.15, 0.2) is 12.3 Å². The van der Waals surface area contributed by atoms with E-state index in [2.05, 4.69) is 4.98 Å². The fourth-order valence-corrected chi connectivity index (χ4v) is 2.07. The van der Waals surface area contributed by atoms with Gasteiger partial charge in [-0.05, 0) is 12.5 Å². The smallest absolute Gasteiger partial charge is 0.252 e. The molecular weight excluding hydrogens is 225 g/mol. The van der Waals surface area contributed by atoms with Crippen molar-refractivity contribution in [2.45, 2.75) is 25.1 Å². The molecule has 0 aromatic carbocycles. The zero-order valence-corrected chi connectivity index (χ0v) is 9.23. The summed E-state index contributed by atoms with van der Waals surface area (Å²) in [6, 6.07) is 1.51. The molecule has 1 aliphatic rings. The quantitative estimate of drug-likeness (QED) is 0.803. The van der Waals surface area contributed by atoms with Crippen LogP contribution in [0, 0.1) is 0 Å². The monoisotopic (exact) mass is 239 g/mol. The average Bonchev–Trinajstić information content (AvgIpc) is 2.28. The van der Waals surface area contributed by atoms with Crippen LogP contribution in [0.5, 0.6) is 0 Å². The van der Waals surface area contributed by atoms with E-state index >= 15 is 0 Å². The molecule has 1 fully saturated rings. The zero-order chi connectivity index (χ0) is 12.4. The van der Waals surface area contributed by atoms with Gasteiger partial charge in [-0.25, -0.2) is 4.39 Å². The van der Waals surface area contributed by atoms with E-state index in [0.29, 0.717) is 18.7 Å². The van der Waals surface area contributed by atoms with Gasteiger partial charge in [-0.1, -0.05) is 0 Å². The maximum atomic E-state index is 13.2. The average molecular weight is 239 g/mol. The van der Waals surface area contributed by atoms with E-state index in [9.17, 15) is 9.18 Å². The first-order valence-corrected chi connectivity index (χ1v) is 5.39. The van der Waals surface area contributed by atoms with Gasteiger partial charge in [0.05, 0.1) is 17.9 Å². The molecule has 1 amide bonds. The highest BCUT2D eigenvalue weighted by Crippen LogP contribution is 2.32. The third-order valence-electron chi connectivity index (χ3n) is 2.88. The summed E-state index contributed by atoms with van der Waals surface area (Å²) in [5, 5.41) is 0. The number of carbonyl (C=O) groups excluding carboxylic acids is 1. The molecular formula is C11H14FN3O2. The van der Waals surface area contributed by atoms with Crippen LogP contribution in [0.3, 0.4) is 0 Å². The standard InChI is InChI=1S/C11H14FN3O2/c12-8-5-6(2-4-17-8)10-9(11(14)16)7(13)1-3-15-10/h1,3,6,8H,2,4-5H2,(H2,13,15)(H2,14,16). The molecule has 0 radical (unpaired) electrons. The molecule has 1 aromatic rings. The second-order valence-electron chi connectivity index (χ2n) is 4.03. The molecule has 2 unspecified atom stereocenters. The maximum Gasteiger partial charge on any atom is 0.252 e. The van der Waals surface area contributed by atoms with Gasteiger partial charge in [0.25, 0.3) is 5.91 Å². The maximum absolute atomic E-state index is 13.2. The number of anilines is 1. The molecule has 1 saturated heterocycles. The van der Waals surface area contributed by atoms with Crippen molar-refractivity contribution in [3.63, 3.8) is 0 Å². The van der Waals surface area contributed by atoms with E-state index < -0.39 is 12.3 Å². The molecule has 1 aliphatic heterocycles. The first-order chi connectivity index (χ1) is 8.09. The topological polar surface area (TPSA) is 91.2 Å². The normalized spacial score (nSPS) is 24.5. The lowest BCUT2D eigenvalue weighted by Crippen LogP contribution is -2.25. The minimum atomic E-state index is -1.32. The highest BCUT2D eigenvalue weighted by Gasteiger charge is 2.28. The summed E-state index contributed by atoms with van der Waals surface area (Å²) in [6.07, 6.45) is 0.964. The van der Waals surface area contributed by atoms with Gasteiger partial charge >= 0.3 is 0 Å². The third kappa shape index (κ3) is 2.36. The van der Waals surface area contributed by atoms with E-state index in [1.807, 2.05) is 0 Å². The van der Waals surface area contributed by atoms with E-state index in [-0.39, 0.29) is 23.6 Å². The number of hydrogen-bond donors (Lipinski definition) is 2. The van der Waals surface area contributed by atoms with Crippen molar-refractivity contribution >= 4 is 11.6 Å². The number of carbonyl (C=O) groups is 1. The van der Waals surface area contributed by atoms with Gasteiger partial charge in [-0.15, -0.1) is 0 Å². The van der Waals surface area contributed by atoms with Crippen molar-refractivity contribution in [1.29, 1.82) is 0 Å². The highest BCUT2D eigenvalue weighted by molar-refractivity contribution is 5.99. The summed E-state index contributed by atoms with van der Waals surface area (Å²) >= 11 is 0. The summed E-state index contributed by atoms with van der Waals surface area (Å²) in [5.41, 5.74) is 11.9. The Labute approximate surface area is 98.0 Å². The van der Waals surface area contributed by atoms with Crippen molar-refractivity contribution in [2.75, 3.05) is 12.3 Å². The number of nitrogens with two attached hydrogens (primary N) is 2. The second-order valence-corrected chi connectivity index (χ2v) is 4.03. The van der Waals surface area contributed by atoms with Gasteiger partial charge in [-0.2, -0.15) is 0 Å². The van der Waals surface area contributed by atoms with E-state index in [0.717, 1.165) is 0 Å². The fourth-order valence-electron chi connectivity index (χ4n) is 2.07. The van der Waals surface area contributed by atoms with Crippen molar-refractivity contribution in [3.8, 4) is 0 Å². The molecule has 92 valence electrons. The Balaban J connectivity index is 2.37. The molecule has 0 saturated carbocycles. The van der Waals surface area contributed by atoms with Crippen LogP contribution in [0.4, 0.5) is 10.1 Å². The summed E-state index contributed by atoms with van der Waals surface area (Å²) < 4.78 is 18.0. The number of pyridine rings is 1. The van der Waals surface area contributed by atoms with Crippen LogP contribution < -0.4 is 11.5 Å². The zero-order valence-electron chi connectivity index (χ0n) is 9.23. The Kier molecular flexibility index (Phi) is 3.23. The fraction of sp³-hybridized carbons (Fsp3) is 0.455. The van der Waals surface area contributed by atoms with Crippen LogP contribution in [-0.4, -0.2) is 23.9 Å². The summed E-state index contributed by atoms with van der Waals surface area (Å²) in [7, 11) is 0. The lowest BCUT2D eigenvalue weighted by molar-refractivity contribution is -0.0753. The van der Waals surface area contributed by atoms with E-state index in [1.165, 1.54) is 12.3 Å². The minimum absolute atomic E-state index is 0.176. The summed E-state index contributed by atoms with van der Waals surface area (Å²) in [5.74, 6) is -0.808. The second kappa shape index (κ2) is 4.67. The van der Waals surface area contributed by atoms with Crippen LogP contribution >= 0.6 is 0 Å². The van der Waals surface area contributed by atoms with Crippen molar-refractivity contribution < 1.29 is 13.9 Å². The van der Waals surface area contributed by atoms with Gasteiger partial charge < -0.3 is 16.2 Å². The van der Waals surface area contributed by atoms with Crippen LogP contribution in [0.2, 0.25) is 0 Å². The molecule has 5 nitrogen and oxygen atoms in total. The number of primary amides is 1. The molecule has 0 aliphatic carbocycles. The Hall–Kier alpha value is -1.69. The number of alkyl halides is 1. The number of nitrogen functional groups attached to an aromatic ring is 1. The van der Waals surface area contributed by atoms with Gasteiger partial charge in [-0.3, -0.25) is 9.78 Å². The number of nitrogens with zero attached hydrogens (tertiary/aromatic N) is 1. The SMILES string of the molecule is NC(=O)c1c(N)ccnc1C1CCOC(F)C1. The number of amides is 1. The van der Waals surface area contributed by atoms with Crippen LogP contribution in [-0.2, 0) is 4.74 Å². The van der Waals surface area contributed by atoms with E-state index in [1.54, 1.807) is 0 Å². The summed E-state index contributed by atoms with van der Waals surface area (Å²) in [4.78, 5) is 15.5. The minimum Gasteiger partial charge on any atom is -0.398 e. The number of ether oxygens (including phenoxy) is 1. The van der Waals surface area contributed by atoms with Crippen molar-refractivity contribution in [1.82, 2.24) is 4.98 Å². The van der Waals surface area contributed by atoms with E-state index in [4.69, 9.17) is 16.2 Å². The lowest BCUT2D eigenvalue weighted by Gasteiger charge is -2.25. The van der Waals surface area contributed by atoms with Gasteiger partial charge in [0, 0.05) is 24.2 Å². The lowest BCUT2D eigenvalue weighted by atomic mass is 9.91. The highest BCUT2D eigenvalue weighted by atomic mass is 19.1. The molecule has 2 atom stereocenters. The predicted molar refractivity (Wildman–Crippen MR) is 60.0 cm³/mol. The van der Waals surface area contributed by atoms with Gasteiger partial charge in [0.15, 0.2) is 6.36 Å². The third-order valence-corrected chi connectivity index (χ3v) is 2.88. The van der Waals surface area contributed by atoms with Crippen molar-refractivity contribution in [2.24, 2.45) is 5.73 Å². The predicted octanol–water partition coefficient (Wildman–Crippen LogP) is 0.952. The Morgan fingerprint density at radius 3 is 3.00 bits per heavy atom. The van der Waals surface area contributed by atoms with Crippen LogP contribution in [0.1, 0.15) is 34.8 Å². The Bertz CT molecular complexity index is 439. The van der Waals surface area contributed by atoms with Gasteiger partial charge in [0.1, 0.15) is 0 Å². The Morgan fingerprint density at radius 2 is 2.35 bits per heavy atom. The first kappa shape index (κ1) is 11.8. The molecule has 2 heterocycles. The molecule has 1 aromatic heterocycles. The molecule has 2 rings (SSSR count). The van der Waals surface area contributed by atoms with Gasteiger partial charge in [0.2, 0.25) is 0 Å². The molecule has 0 spiro atoms. The first-order valence-electron chi connectivity index (χ1n) is 5.39. The number of aromatic nitrogens is 1. The summed E-state index contributed by atoms with van der Waals surface area (Å²) in [6.45, 7) is 0.306. The Morgan fingerprint density at radius 1 is 1.59 bits per heavy atom. The van der Waals surface area contributed by atoms with Crippen LogP contribution in [0.25, 0.3) is 0 Å². The molecule has 17 heavy (non-hydrogen) atoms. The number of rotatable bonds is 2. The molecule has 0 bridgehead atoms. The largest absolute Gasteiger partial charge is 0.398 e.